The Kier molecular flexibility index (Phi) is 4.68. The van der Waals surface area contributed by atoms with Crippen molar-refractivity contribution in [1.29, 1.82) is 0 Å². The number of aryl methyl sites for hydroxylation is 2. The van der Waals surface area contributed by atoms with Crippen LogP contribution in [0, 0.1) is 0 Å². The number of hydrogen-bond acceptors (Lipinski definition) is 4. The molecule has 0 spiro atoms. The Morgan fingerprint density at radius 1 is 0.852 bits per heavy atom. The standard InChI is InChI=1S/C23H25N3S/c1-2-7-19(8-3-1)26-16-14-25(15-17-26)13-12-22-24-23-20-9-5-4-6-18(20)10-11-21(23)27-22/h1-9H,10-17H2. The maximum Gasteiger partial charge on any atom is 0.0948 e. The second kappa shape index (κ2) is 7.45. The molecule has 4 heteroatoms. The number of aromatic nitrogens is 1. The lowest BCUT2D eigenvalue weighted by Crippen LogP contribution is -2.46. The maximum atomic E-state index is 5.02. The van der Waals surface area contributed by atoms with Gasteiger partial charge in [-0.25, -0.2) is 4.98 Å². The summed E-state index contributed by atoms with van der Waals surface area (Å²) in [6, 6.07) is 19.6. The van der Waals surface area contributed by atoms with Crippen molar-refractivity contribution in [3.63, 3.8) is 0 Å². The van der Waals surface area contributed by atoms with Crippen molar-refractivity contribution in [3.05, 3.63) is 70.0 Å². The molecule has 138 valence electrons. The van der Waals surface area contributed by atoms with Crippen LogP contribution in [-0.4, -0.2) is 42.6 Å². The predicted octanol–water partition coefficient (Wildman–Crippen LogP) is 4.27. The molecular weight excluding hydrogens is 350 g/mol. The lowest BCUT2D eigenvalue weighted by Gasteiger charge is -2.36. The Balaban J connectivity index is 1.20. The SMILES string of the molecule is c1ccc(N2CCN(CCc3nc4c(s3)CCc3ccccc3-4)CC2)cc1. The summed E-state index contributed by atoms with van der Waals surface area (Å²) in [5, 5.41) is 1.31. The molecule has 1 fully saturated rings. The average Bonchev–Trinajstić information content (AvgIpc) is 3.17. The summed E-state index contributed by atoms with van der Waals surface area (Å²) in [5.41, 5.74) is 5.42. The molecule has 2 aliphatic rings. The van der Waals surface area contributed by atoms with Gasteiger partial charge in [0.25, 0.3) is 0 Å². The number of anilines is 1. The molecule has 2 heterocycles. The molecule has 0 radical (unpaired) electrons. The normalized spacial score (nSPS) is 16.8. The van der Waals surface area contributed by atoms with E-state index in [4.69, 9.17) is 4.98 Å². The predicted molar refractivity (Wildman–Crippen MR) is 114 cm³/mol. The number of rotatable bonds is 4. The van der Waals surface area contributed by atoms with Crippen molar-refractivity contribution < 1.29 is 0 Å². The van der Waals surface area contributed by atoms with Crippen LogP contribution in [0.1, 0.15) is 15.4 Å². The number of nitrogens with zero attached hydrogens (tertiary/aromatic N) is 3. The van der Waals surface area contributed by atoms with Crippen molar-refractivity contribution in [2.24, 2.45) is 0 Å². The molecule has 0 unspecified atom stereocenters. The molecule has 27 heavy (non-hydrogen) atoms. The molecule has 0 saturated carbocycles. The van der Waals surface area contributed by atoms with Crippen LogP contribution in [0.5, 0.6) is 0 Å². The van der Waals surface area contributed by atoms with Gasteiger partial charge in [0.2, 0.25) is 0 Å². The van der Waals surface area contributed by atoms with E-state index < -0.39 is 0 Å². The fourth-order valence-electron chi connectivity index (χ4n) is 4.23. The van der Waals surface area contributed by atoms with Crippen LogP contribution < -0.4 is 4.90 Å². The first-order valence-electron chi connectivity index (χ1n) is 9.96. The van der Waals surface area contributed by atoms with Crippen LogP contribution in [-0.2, 0) is 19.3 Å². The number of benzene rings is 2. The van der Waals surface area contributed by atoms with E-state index in [1.165, 1.54) is 32.4 Å². The van der Waals surface area contributed by atoms with Crippen molar-refractivity contribution >= 4 is 17.0 Å². The second-order valence-corrected chi connectivity index (χ2v) is 8.62. The van der Waals surface area contributed by atoms with E-state index in [1.807, 2.05) is 11.3 Å². The third kappa shape index (κ3) is 3.52. The zero-order valence-corrected chi connectivity index (χ0v) is 16.4. The Morgan fingerprint density at radius 3 is 2.48 bits per heavy atom. The Morgan fingerprint density at radius 2 is 1.63 bits per heavy atom. The number of para-hydroxylation sites is 1. The summed E-state index contributed by atoms with van der Waals surface area (Å²) in [7, 11) is 0. The fraction of sp³-hybridized carbons (Fsp3) is 0.348. The quantitative estimate of drug-likeness (QED) is 0.679. The van der Waals surface area contributed by atoms with E-state index in [0.717, 1.165) is 52.0 Å². The van der Waals surface area contributed by atoms with Gasteiger partial charge in [-0.15, -0.1) is 11.3 Å². The minimum absolute atomic E-state index is 1.07. The van der Waals surface area contributed by atoms with Crippen LogP contribution in [0.4, 0.5) is 5.69 Å². The molecule has 0 atom stereocenters. The molecule has 1 aliphatic carbocycles. The largest absolute Gasteiger partial charge is 0.369 e. The van der Waals surface area contributed by atoms with Crippen molar-refractivity contribution in [2.75, 3.05) is 37.6 Å². The van der Waals surface area contributed by atoms with Gasteiger partial charge >= 0.3 is 0 Å². The molecule has 0 N–H and O–H groups in total. The monoisotopic (exact) mass is 375 g/mol. The van der Waals surface area contributed by atoms with E-state index in [0.29, 0.717) is 0 Å². The maximum absolute atomic E-state index is 5.02. The molecule has 2 aromatic carbocycles. The van der Waals surface area contributed by atoms with Crippen molar-refractivity contribution in [3.8, 4) is 11.3 Å². The van der Waals surface area contributed by atoms with Crippen LogP contribution in [0.15, 0.2) is 54.6 Å². The summed E-state index contributed by atoms with van der Waals surface area (Å²) in [6.07, 6.45) is 3.39. The first-order valence-corrected chi connectivity index (χ1v) is 10.8. The zero-order valence-electron chi connectivity index (χ0n) is 15.6. The molecule has 3 aromatic rings. The van der Waals surface area contributed by atoms with E-state index in [-0.39, 0.29) is 0 Å². The fourth-order valence-corrected chi connectivity index (χ4v) is 5.30. The van der Waals surface area contributed by atoms with Gasteiger partial charge < -0.3 is 4.90 Å². The summed E-state index contributed by atoms with van der Waals surface area (Å²) >= 11 is 1.94. The van der Waals surface area contributed by atoms with Gasteiger partial charge in [0.05, 0.1) is 10.7 Å². The van der Waals surface area contributed by atoms with E-state index in [2.05, 4.69) is 64.4 Å². The summed E-state index contributed by atoms with van der Waals surface area (Å²) in [5.74, 6) is 0. The van der Waals surface area contributed by atoms with Crippen molar-refractivity contribution in [1.82, 2.24) is 9.88 Å². The minimum atomic E-state index is 1.07. The molecule has 0 bridgehead atoms. The highest BCUT2D eigenvalue weighted by Crippen LogP contribution is 2.36. The summed E-state index contributed by atoms with van der Waals surface area (Å²) in [6.45, 7) is 5.64. The van der Waals surface area contributed by atoms with Crippen LogP contribution in [0.2, 0.25) is 0 Å². The van der Waals surface area contributed by atoms with Gasteiger partial charge in [-0.05, 0) is 30.5 Å². The van der Waals surface area contributed by atoms with Crippen LogP contribution in [0.25, 0.3) is 11.3 Å². The second-order valence-electron chi connectivity index (χ2n) is 7.45. The van der Waals surface area contributed by atoms with Gasteiger partial charge in [-0.3, -0.25) is 4.90 Å². The smallest absolute Gasteiger partial charge is 0.0948 e. The molecule has 5 rings (SSSR count). The van der Waals surface area contributed by atoms with E-state index in [1.54, 1.807) is 0 Å². The molecular formula is C23H25N3S. The highest BCUT2D eigenvalue weighted by molar-refractivity contribution is 7.12. The molecule has 1 saturated heterocycles. The lowest BCUT2D eigenvalue weighted by atomic mass is 9.94. The van der Waals surface area contributed by atoms with Crippen LogP contribution >= 0.6 is 11.3 Å². The topological polar surface area (TPSA) is 19.4 Å². The Bertz CT molecular complexity index is 910. The summed E-state index contributed by atoms with van der Waals surface area (Å²) in [4.78, 5) is 11.6. The minimum Gasteiger partial charge on any atom is -0.369 e. The third-order valence-electron chi connectivity index (χ3n) is 5.77. The zero-order chi connectivity index (χ0) is 18.1. The van der Waals surface area contributed by atoms with E-state index in [9.17, 15) is 0 Å². The molecule has 3 nitrogen and oxygen atoms in total. The number of thiazole rings is 1. The number of fused-ring (bicyclic) bond motifs is 3. The lowest BCUT2D eigenvalue weighted by molar-refractivity contribution is 0.261. The highest BCUT2D eigenvalue weighted by atomic mass is 32.1. The van der Waals surface area contributed by atoms with Gasteiger partial charge in [-0.1, -0.05) is 42.5 Å². The van der Waals surface area contributed by atoms with Crippen LogP contribution in [0.3, 0.4) is 0 Å². The first-order chi connectivity index (χ1) is 13.4. The number of piperazine rings is 1. The van der Waals surface area contributed by atoms with Gasteiger partial charge in [0, 0.05) is 55.3 Å². The Hall–Kier alpha value is -2.17. The highest BCUT2D eigenvalue weighted by Gasteiger charge is 2.21. The van der Waals surface area contributed by atoms with Gasteiger partial charge in [-0.2, -0.15) is 0 Å². The van der Waals surface area contributed by atoms with Gasteiger partial charge in [0.15, 0.2) is 0 Å². The van der Waals surface area contributed by atoms with Gasteiger partial charge in [0.1, 0.15) is 0 Å². The summed E-state index contributed by atoms with van der Waals surface area (Å²) < 4.78 is 0. The van der Waals surface area contributed by atoms with E-state index >= 15 is 0 Å². The number of hydrogen-bond donors (Lipinski definition) is 0. The molecule has 0 amide bonds. The van der Waals surface area contributed by atoms with Crippen molar-refractivity contribution in [2.45, 2.75) is 19.3 Å². The third-order valence-corrected chi connectivity index (χ3v) is 6.95. The Labute approximate surface area is 165 Å². The average molecular weight is 376 g/mol. The molecule has 1 aliphatic heterocycles. The first kappa shape index (κ1) is 17.0. The molecule has 1 aromatic heterocycles.